The molecule has 0 aliphatic heterocycles. The summed E-state index contributed by atoms with van der Waals surface area (Å²) in [5.41, 5.74) is -0.654. The molecular weight excluding hydrogens is 677 g/mol. The third kappa shape index (κ3) is 9.49. The minimum Gasteiger partial charge on any atom is -0.747 e. The molecule has 45 heavy (non-hydrogen) atoms. The molecule has 0 N–H and O–H groups in total. The number of ketones is 2. The standard InChI is InChI=1S/C28H32O11S3.3Na/c1-2-3-4-5-6-7-8-9-10-11-22(29)21-16-23(40(31,32)33)18-13-15-20-25-19(14-12-17(21)24(18)25)27(41(34,35)36)26(30)28(20)42(37,38)39;;;/h12-16,27H,2-11H2,1H3,(H,31,32,33)(H,34,35,36)(H,37,38,39);;;/q;3*+1/p-3. The average molecular weight is 707 g/mol. The number of hydrogen-bond donors (Lipinski definition) is 0. The summed E-state index contributed by atoms with van der Waals surface area (Å²) in [5.74, 6) is -2.24. The maximum absolute atomic E-state index is 13.4. The van der Waals surface area contributed by atoms with E-state index in [0.717, 1.165) is 62.8 Å². The van der Waals surface area contributed by atoms with Crippen molar-refractivity contribution in [2.24, 2.45) is 0 Å². The molecular formula is C28H29Na3O11S3. The van der Waals surface area contributed by atoms with Crippen molar-refractivity contribution in [3.8, 4) is 0 Å². The van der Waals surface area contributed by atoms with Crippen molar-refractivity contribution in [3.63, 3.8) is 0 Å². The molecule has 1 atom stereocenters. The number of rotatable bonds is 14. The topological polar surface area (TPSA) is 206 Å². The smallest absolute Gasteiger partial charge is 0.747 e. The van der Waals surface area contributed by atoms with Gasteiger partial charge in [0.25, 0.3) is 0 Å². The Kier molecular flexibility index (Phi) is 16.6. The molecule has 17 heteroatoms. The van der Waals surface area contributed by atoms with Gasteiger partial charge in [-0.1, -0.05) is 82.6 Å². The second-order valence-corrected chi connectivity index (χ2v) is 14.6. The van der Waals surface area contributed by atoms with Gasteiger partial charge in [0.2, 0.25) is 0 Å². The molecule has 0 spiro atoms. The quantitative estimate of drug-likeness (QED) is 0.0669. The van der Waals surface area contributed by atoms with Gasteiger partial charge in [-0.15, -0.1) is 0 Å². The molecule has 0 bridgehead atoms. The fourth-order valence-electron chi connectivity index (χ4n) is 5.75. The summed E-state index contributed by atoms with van der Waals surface area (Å²) < 4.78 is 110. The molecule has 11 nitrogen and oxygen atoms in total. The van der Waals surface area contributed by atoms with E-state index in [0.29, 0.717) is 6.42 Å². The van der Waals surface area contributed by atoms with Gasteiger partial charge in [-0.3, -0.25) is 9.59 Å². The van der Waals surface area contributed by atoms with Gasteiger partial charge in [-0.2, -0.15) is 0 Å². The number of carbonyl (C=O) groups is 2. The summed E-state index contributed by atoms with van der Waals surface area (Å²) in [6, 6.07) is 5.14. The average Bonchev–Trinajstić information content (AvgIpc) is 2.87. The van der Waals surface area contributed by atoms with E-state index in [1.54, 1.807) is 0 Å². The van der Waals surface area contributed by atoms with E-state index in [1.807, 2.05) is 0 Å². The summed E-state index contributed by atoms with van der Waals surface area (Å²) in [6.07, 6.45) is 8.89. The van der Waals surface area contributed by atoms with E-state index in [2.05, 4.69) is 6.92 Å². The van der Waals surface area contributed by atoms with E-state index < -0.39 is 67.8 Å². The molecule has 0 radical (unpaired) electrons. The minimum absolute atomic E-state index is 0. The van der Waals surface area contributed by atoms with E-state index in [9.17, 15) is 48.5 Å². The first-order valence-corrected chi connectivity index (χ1v) is 17.9. The van der Waals surface area contributed by atoms with Gasteiger partial charge in [0, 0.05) is 22.6 Å². The summed E-state index contributed by atoms with van der Waals surface area (Å²) in [6.45, 7) is 2.14. The normalized spacial score (nSPS) is 15.0. The molecule has 1 aliphatic rings. The first-order chi connectivity index (χ1) is 19.6. The van der Waals surface area contributed by atoms with Crippen LogP contribution >= 0.6 is 0 Å². The van der Waals surface area contributed by atoms with Gasteiger partial charge >= 0.3 is 88.7 Å². The van der Waals surface area contributed by atoms with Crippen molar-refractivity contribution < 1.29 is 137 Å². The second-order valence-electron chi connectivity index (χ2n) is 10.5. The summed E-state index contributed by atoms with van der Waals surface area (Å²) in [7, 11) is -16.4. The molecule has 0 heterocycles. The molecule has 1 unspecified atom stereocenters. The van der Waals surface area contributed by atoms with Crippen LogP contribution in [0.15, 0.2) is 35.2 Å². The van der Waals surface area contributed by atoms with Crippen molar-refractivity contribution in [1.29, 1.82) is 0 Å². The van der Waals surface area contributed by atoms with Crippen LogP contribution in [0.1, 0.15) is 92.3 Å². The Balaban J connectivity index is 0.00000337. The van der Waals surface area contributed by atoms with Crippen molar-refractivity contribution in [2.45, 2.75) is 81.3 Å². The third-order valence-corrected chi connectivity index (χ3v) is 10.5. The van der Waals surface area contributed by atoms with Gasteiger partial charge in [0.05, 0.1) is 4.90 Å². The predicted octanol–water partition coefficient (Wildman–Crippen LogP) is -5.45. The zero-order chi connectivity index (χ0) is 31.0. The number of Topliss-reactive ketones (excluding diaryl/α,β-unsaturated/α-hetero) is 2. The van der Waals surface area contributed by atoms with Crippen LogP contribution in [0.4, 0.5) is 0 Å². The van der Waals surface area contributed by atoms with Gasteiger partial charge in [0.1, 0.15) is 40.5 Å². The maximum atomic E-state index is 13.4. The minimum atomic E-state index is -5.62. The molecule has 0 amide bonds. The molecule has 0 saturated carbocycles. The van der Waals surface area contributed by atoms with Crippen LogP contribution in [0.5, 0.6) is 0 Å². The fourth-order valence-corrected chi connectivity index (χ4v) is 8.22. The second kappa shape index (κ2) is 17.3. The van der Waals surface area contributed by atoms with E-state index in [4.69, 9.17) is 0 Å². The predicted molar refractivity (Wildman–Crippen MR) is 151 cm³/mol. The summed E-state index contributed by atoms with van der Waals surface area (Å²) in [5, 5.41) is -3.95. The van der Waals surface area contributed by atoms with E-state index in [-0.39, 0.29) is 122 Å². The van der Waals surface area contributed by atoms with Crippen molar-refractivity contribution >= 4 is 68.4 Å². The number of hydrogen-bond acceptors (Lipinski definition) is 11. The Morgan fingerprint density at radius 2 is 1.24 bits per heavy atom. The number of carbonyl (C=O) groups excluding carboxylic acids is 2. The Hall–Kier alpha value is 0.250. The van der Waals surface area contributed by atoms with Crippen LogP contribution < -0.4 is 93.9 Å². The van der Waals surface area contributed by atoms with E-state index in [1.165, 1.54) is 18.9 Å². The SMILES string of the molecule is CCCCCCCCCCCC(=O)c1cc(S(=O)(=O)[O-])c2ccc3c4c(ccc1c24)C(S(=O)(=O)[O-])C(=O)C=3S(=O)(=O)[O-].[Na+].[Na+].[Na+]. The van der Waals surface area contributed by atoms with Crippen molar-refractivity contribution in [2.75, 3.05) is 0 Å². The number of benzene rings is 3. The van der Waals surface area contributed by atoms with Crippen LogP contribution in [0.2, 0.25) is 0 Å². The molecule has 228 valence electrons. The van der Waals surface area contributed by atoms with Gasteiger partial charge < -0.3 is 13.7 Å². The maximum Gasteiger partial charge on any atom is 1.00 e. The first-order valence-electron chi connectivity index (χ1n) is 13.6. The molecule has 3 aromatic rings. The molecule has 4 rings (SSSR count). The molecule has 1 aliphatic carbocycles. The largest absolute Gasteiger partial charge is 1.00 e. The first kappa shape index (κ1) is 43.3. The van der Waals surface area contributed by atoms with Crippen molar-refractivity contribution in [3.05, 3.63) is 46.7 Å². The van der Waals surface area contributed by atoms with E-state index >= 15 is 0 Å². The summed E-state index contributed by atoms with van der Waals surface area (Å²) >= 11 is 0. The third-order valence-electron chi connectivity index (χ3n) is 7.63. The molecule has 0 aromatic heterocycles. The van der Waals surface area contributed by atoms with Crippen LogP contribution in [-0.2, 0) is 35.1 Å². The van der Waals surface area contributed by atoms with Crippen molar-refractivity contribution in [1.82, 2.24) is 0 Å². The van der Waals surface area contributed by atoms with Gasteiger partial charge in [0.15, 0.2) is 11.6 Å². The van der Waals surface area contributed by atoms with Gasteiger partial charge in [-0.25, -0.2) is 25.3 Å². The fraction of sp³-hybridized carbons (Fsp3) is 0.429. The van der Waals surface area contributed by atoms with Gasteiger partial charge in [-0.05, 0) is 34.2 Å². The zero-order valence-electron chi connectivity index (χ0n) is 25.8. The monoisotopic (exact) mass is 706 g/mol. The summed E-state index contributed by atoms with van der Waals surface area (Å²) in [4.78, 5) is 24.0. The van der Waals surface area contributed by atoms with Crippen LogP contribution in [0, 0.1) is 0 Å². The molecule has 3 aromatic carbocycles. The van der Waals surface area contributed by atoms with Crippen LogP contribution in [0.25, 0.3) is 26.5 Å². The number of unbranched alkanes of at least 4 members (excludes halogenated alkanes) is 8. The Morgan fingerprint density at radius 1 is 0.711 bits per heavy atom. The Labute approximate surface area is 329 Å². The molecule has 0 fully saturated rings. The van der Waals surface area contributed by atoms with Crippen LogP contribution in [0.3, 0.4) is 0 Å². The zero-order valence-corrected chi connectivity index (χ0v) is 34.2. The Bertz CT molecular complexity index is 1980. The van der Waals surface area contributed by atoms with Crippen LogP contribution in [-0.4, -0.2) is 50.5 Å². The Morgan fingerprint density at radius 3 is 1.76 bits per heavy atom. The molecule has 0 saturated heterocycles.